The lowest BCUT2D eigenvalue weighted by Gasteiger charge is -2.09. The highest BCUT2D eigenvalue weighted by Crippen LogP contribution is 2.32. The molecule has 3 rings (SSSR count). The molecule has 0 radical (unpaired) electrons. The SMILES string of the molecule is Cc1ccc(NC(=O)COC(=O)c2ccc3c(c2)OCO3)c(Br)c1. The number of benzene rings is 2. The average Bonchev–Trinajstić information content (AvgIpc) is 3.03. The summed E-state index contributed by atoms with van der Waals surface area (Å²) in [4.78, 5) is 23.9. The molecule has 124 valence electrons. The van der Waals surface area contributed by atoms with Crippen molar-refractivity contribution in [2.75, 3.05) is 18.7 Å². The standard InChI is InChI=1S/C17H14BrNO5/c1-10-2-4-13(12(18)6-10)19-16(20)8-22-17(21)11-3-5-14-15(7-11)24-9-23-14/h2-7H,8-9H2,1H3,(H,19,20). The number of nitrogens with one attached hydrogen (secondary N) is 1. The van der Waals surface area contributed by atoms with E-state index in [0.29, 0.717) is 22.7 Å². The predicted molar refractivity (Wildman–Crippen MR) is 90.4 cm³/mol. The van der Waals surface area contributed by atoms with Gasteiger partial charge in [-0.2, -0.15) is 0 Å². The third-order valence-corrected chi connectivity index (χ3v) is 4.00. The Labute approximate surface area is 146 Å². The Kier molecular flexibility index (Phi) is 4.71. The lowest BCUT2D eigenvalue weighted by Crippen LogP contribution is -2.21. The molecule has 1 aliphatic heterocycles. The lowest BCUT2D eigenvalue weighted by atomic mass is 10.2. The molecule has 1 heterocycles. The Balaban J connectivity index is 1.57. The summed E-state index contributed by atoms with van der Waals surface area (Å²) in [7, 11) is 0. The van der Waals surface area contributed by atoms with Gasteiger partial charge in [0.15, 0.2) is 18.1 Å². The molecule has 7 heteroatoms. The molecular formula is C17H14BrNO5. The molecule has 6 nitrogen and oxygen atoms in total. The average molecular weight is 392 g/mol. The highest BCUT2D eigenvalue weighted by atomic mass is 79.9. The summed E-state index contributed by atoms with van der Waals surface area (Å²) in [6, 6.07) is 10.2. The first kappa shape index (κ1) is 16.3. The lowest BCUT2D eigenvalue weighted by molar-refractivity contribution is -0.119. The number of rotatable bonds is 4. The Morgan fingerprint density at radius 1 is 1.17 bits per heavy atom. The number of esters is 1. The first-order chi connectivity index (χ1) is 11.5. The van der Waals surface area contributed by atoms with E-state index in [1.54, 1.807) is 18.2 Å². The van der Waals surface area contributed by atoms with Crippen molar-refractivity contribution < 1.29 is 23.8 Å². The number of amides is 1. The van der Waals surface area contributed by atoms with E-state index >= 15 is 0 Å². The Hall–Kier alpha value is -2.54. The van der Waals surface area contributed by atoms with Crippen LogP contribution in [-0.2, 0) is 9.53 Å². The number of fused-ring (bicyclic) bond motifs is 1. The highest BCUT2D eigenvalue weighted by molar-refractivity contribution is 9.10. The van der Waals surface area contributed by atoms with Crippen LogP contribution in [0.15, 0.2) is 40.9 Å². The molecule has 1 aliphatic rings. The van der Waals surface area contributed by atoms with Gasteiger partial charge in [-0.25, -0.2) is 4.79 Å². The van der Waals surface area contributed by atoms with Crippen molar-refractivity contribution in [1.82, 2.24) is 0 Å². The number of halogens is 1. The van der Waals surface area contributed by atoms with Gasteiger partial charge in [-0.1, -0.05) is 6.07 Å². The van der Waals surface area contributed by atoms with Crippen molar-refractivity contribution in [3.63, 3.8) is 0 Å². The quantitative estimate of drug-likeness (QED) is 0.809. The smallest absolute Gasteiger partial charge is 0.338 e. The molecule has 24 heavy (non-hydrogen) atoms. The van der Waals surface area contributed by atoms with Gasteiger partial charge in [-0.05, 0) is 58.7 Å². The summed E-state index contributed by atoms with van der Waals surface area (Å²) in [5, 5.41) is 2.68. The maximum atomic E-state index is 12.0. The largest absolute Gasteiger partial charge is 0.454 e. The van der Waals surface area contributed by atoms with Crippen LogP contribution >= 0.6 is 15.9 Å². The minimum atomic E-state index is -0.605. The van der Waals surface area contributed by atoms with Crippen LogP contribution in [0.5, 0.6) is 11.5 Å². The summed E-state index contributed by atoms with van der Waals surface area (Å²) in [6.45, 7) is 1.69. The molecule has 0 unspecified atom stereocenters. The number of aryl methyl sites for hydroxylation is 1. The summed E-state index contributed by atoms with van der Waals surface area (Å²) in [5.74, 6) is 0.0334. The van der Waals surface area contributed by atoms with E-state index in [2.05, 4.69) is 21.2 Å². The van der Waals surface area contributed by atoms with Crippen LogP contribution in [0, 0.1) is 6.92 Å². The van der Waals surface area contributed by atoms with E-state index in [1.165, 1.54) is 6.07 Å². The number of hydrogen-bond donors (Lipinski definition) is 1. The van der Waals surface area contributed by atoms with E-state index in [-0.39, 0.29) is 13.4 Å². The van der Waals surface area contributed by atoms with Gasteiger partial charge in [-0.3, -0.25) is 4.79 Å². The van der Waals surface area contributed by atoms with E-state index in [9.17, 15) is 9.59 Å². The van der Waals surface area contributed by atoms with Gasteiger partial charge in [0.25, 0.3) is 5.91 Å². The molecule has 0 fully saturated rings. The zero-order chi connectivity index (χ0) is 17.1. The minimum absolute atomic E-state index is 0.127. The number of carbonyl (C=O) groups is 2. The second-order valence-corrected chi connectivity index (χ2v) is 6.03. The van der Waals surface area contributed by atoms with Crippen LogP contribution < -0.4 is 14.8 Å². The molecule has 0 aromatic heterocycles. The van der Waals surface area contributed by atoms with Gasteiger partial charge in [0.05, 0.1) is 11.3 Å². The van der Waals surface area contributed by atoms with Gasteiger partial charge in [0.2, 0.25) is 6.79 Å². The molecule has 2 aromatic rings. The summed E-state index contributed by atoms with van der Waals surface area (Å²) >= 11 is 3.37. The van der Waals surface area contributed by atoms with Crippen molar-refractivity contribution in [3.8, 4) is 11.5 Å². The molecule has 0 saturated heterocycles. The summed E-state index contributed by atoms with van der Waals surface area (Å²) < 4.78 is 16.2. The van der Waals surface area contributed by atoms with E-state index in [4.69, 9.17) is 14.2 Å². The summed E-state index contributed by atoms with van der Waals surface area (Å²) in [5.41, 5.74) is 1.97. The molecule has 2 aromatic carbocycles. The van der Waals surface area contributed by atoms with Crippen LogP contribution in [0.25, 0.3) is 0 Å². The number of carbonyl (C=O) groups excluding carboxylic acids is 2. The van der Waals surface area contributed by atoms with E-state index < -0.39 is 11.9 Å². The molecule has 0 bridgehead atoms. The fraction of sp³-hybridized carbons (Fsp3) is 0.176. The molecule has 0 aliphatic carbocycles. The second-order valence-electron chi connectivity index (χ2n) is 5.18. The molecule has 1 N–H and O–H groups in total. The van der Waals surface area contributed by atoms with Crippen LogP contribution in [0.2, 0.25) is 0 Å². The molecule has 0 saturated carbocycles. The Bertz CT molecular complexity index is 806. The van der Waals surface area contributed by atoms with Gasteiger partial charge >= 0.3 is 5.97 Å². The van der Waals surface area contributed by atoms with Crippen molar-refractivity contribution in [1.29, 1.82) is 0 Å². The zero-order valence-corrected chi connectivity index (χ0v) is 14.4. The van der Waals surface area contributed by atoms with Crippen molar-refractivity contribution in [3.05, 3.63) is 52.0 Å². The maximum Gasteiger partial charge on any atom is 0.338 e. The van der Waals surface area contributed by atoms with E-state index in [1.807, 2.05) is 19.1 Å². The Morgan fingerprint density at radius 2 is 1.96 bits per heavy atom. The van der Waals surface area contributed by atoms with Gasteiger partial charge in [0.1, 0.15) is 0 Å². The van der Waals surface area contributed by atoms with Gasteiger partial charge in [0, 0.05) is 4.47 Å². The molecule has 0 spiro atoms. The number of ether oxygens (including phenoxy) is 3. The van der Waals surface area contributed by atoms with E-state index in [0.717, 1.165) is 10.0 Å². The predicted octanol–water partition coefficient (Wildman–Crippen LogP) is 3.28. The van der Waals surface area contributed by atoms with Crippen LogP contribution in [0.1, 0.15) is 15.9 Å². The maximum absolute atomic E-state index is 12.0. The number of hydrogen-bond acceptors (Lipinski definition) is 5. The first-order valence-electron chi connectivity index (χ1n) is 7.16. The molecule has 0 atom stereocenters. The second kappa shape index (κ2) is 6.92. The topological polar surface area (TPSA) is 73.9 Å². The minimum Gasteiger partial charge on any atom is -0.454 e. The van der Waals surface area contributed by atoms with Crippen molar-refractivity contribution >= 4 is 33.5 Å². The fourth-order valence-corrected chi connectivity index (χ4v) is 2.74. The normalized spacial score (nSPS) is 11.9. The van der Waals surface area contributed by atoms with Crippen molar-refractivity contribution in [2.45, 2.75) is 6.92 Å². The van der Waals surface area contributed by atoms with Gasteiger partial charge in [-0.15, -0.1) is 0 Å². The fourth-order valence-electron chi connectivity index (χ4n) is 2.15. The first-order valence-corrected chi connectivity index (χ1v) is 7.95. The Morgan fingerprint density at radius 3 is 2.75 bits per heavy atom. The van der Waals surface area contributed by atoms with Crippen LogP contribution in [0.3, 0.4) is 0 Å². The van der Waals surface area contributed by atoms with Crippen LogP contribution in [-0.4, -0.2) is 25.3 Å². The summed E-state index contributed by atoms with van der Waals surface area (Å²) in [6.07, 6.45) is 0. The third-order valence-electron chi connectivity index (χ3n) is 3.34. The zero-order valence-electron chi connectivity index (χ0n) is 12.8. The number of anilines is 1. The van der Waals surface area contributed by atoms with Crippen LogP contribution in [0.4, 0.5) is 5.69 Å². The molecular weight excluding hydrogens is 378 g/mol. The van der Waals surface area contributed by atoms with Gasteiger partial charge < -0.3 is 19.5 Å². The van der Waals surface area contributed by atoms with Crippen molar-refractivity contribution in [2.24, 2.45) is 0 Å². The molecule has 1 amide bonds. The third kappa shape index (κ3) is 3.68. The highest BCUT2D eigenvalue weighted by Gasteiger charge is 2.17. The monoisotopic (exact) mass is 391 g/mol.